The van der Waals surface area contributed by atoms with Gasteiger partial charge in [-0.05, 0) is 90.2 Å². The van der Waals surface area contributed by atoms with Gasteiger partial charge in [0.2, 0.25) is 5.91 Å². The average Bonchev–Trinajstić information content (AvgIpc) is 3.28. The van der Waals surface area contributed by atoms with Gasteiger partial charge in [-0.15, -0.1) is 0 Å². The fourth-order valence-corrected chi connectivity index (χ4v) is 8.52. The molecule has 7 unspecified atom stereocenters. The molecule has 2 saturated carbocycles. The van der Waals surface area contributed by atoms with Crippen LogP contribution in [0.5, 0.6) is 0 Å². The van der Waals surface area contributed by atoms with E-state index in [4.69, 9.17) is 4.74 Å². The Morgan fingerprint density at radius 3 is 2.52 bits per heavy atom. The topological polar surface area (TPSA) is 80.3 Å². The van der Waals surface area contributed by atoms with Crippen LogP contribution in [0.15, 0.2) is 42.3 Å². The molecule has 1 aromatic heterocycles. The number of rotatable bonds is 8. The van der Waals surface area contributed by atoms with Gasteiger partial charge in [-0.3, -0.25) is 9.78 Å². The second-order valence-corrected chi connectivity index (χ2v) is 13.9. The number of hydrogen-bond acceptors (Lipinski definition) is 5. The summed E-state index contributed by atoms with van der Waals surface area (Å²) in [6.45, 7) is 13.1. The summed E-state index contributed by atoms with van der Waals surface area (Å²) in [5.74, 6) is 1.54. The fraction of sp³-hybridized carbons (Fsp3) is 0.676. The molecule has 1 heterocycles. The predicted molar refractivity (Wildman–Crippen MR) is 159 cm³/mol. The predicted octanol–water partition coefficient (Wildman–Crippen LogP) is 6.09. The van der Waals surface area contributed by atoms with Gasteiger partial charge in [0, 0.05) is 24.9 Å². The number of amides is 1. The maximum absolute atomic E-state index is 13.2. The van der Waals surface area contributed by atoms with Gasteiger partial charge in [0.1, 0.15) is 12.1 Å². The number of esters is 1. The second kappa shape index (κ2) is 11.4. The number of nitrogens with one attached hydrogen (secondary N) is 2. The molecule has 4 aliphatic carbocycles. The van der Waals surface area contributed by atoms with Gasteiger partial charge in [0.15, 0.2) is 0 Å². The number of nitrogens with zero attached hydrogens (tertiary/aromatic N) is 1. The molecule has 40 heavy (non-hydrogen) atoms. The van der Waals surface area contributed by atoms with Crippen LogP contribution in [0.2, 0.25) is 0 Å². The molecule has 0 spiro atoms. The Balaban J connectivity index is 1.24. The number of allylic oxidation sites excluding steroid dienone is 3. The van der Waals surface area contributed by atoms with Crippen LogP contribution in [0.4, 0.5) is 0 Å². The largest absolute Gasteiger partial charge is 0.461 e. The standard InChI is InChI=1S/C34H49N3O3/c1-21(2)31(37-30(38)20-36-22(3)4)32(39)40-25-13-15-33(5)24(18-25)9-10-26-28-12-11-27(23-8-7-17-35-19-23)34(28,6)16-14-29(26)33/h7-9,11,17,19,21-22,25-26,28-29,31,36H,10,12-16,18,20H2,1-6H3,(H,37,38). The molecule has 0 radical (unpaired) electrons. The van der Waals surface area contributed by atoms with E-state index in [9.17, 15) is 9.59 Å². The van der Waals surface area contributed by atoms with E-state index >= 15 is 0 Å². The van der Waals surface area contributed by atoms with E-state index in [0.717, 1.165) is 32.1 Å². The molecule has 218 valence electrons. The van der Waals surface area contributed by atoms with Crippen molar-refractivity contribution in [3.8, 4) is 0 Å². The molecule has 1 amide bonds. The molecule has 7 atom stereocenters. The first-order valence-electron chi connectivity index (χ1n) is 15.6. The van der Waals surface area contributed by atoms with E-state index in [-0.39, 0.29) is 47.3 Å². The molecule has 0 bridgehead atoms. The smallest absolute Gasteiger partial charge is 0.329 e. The third-order valence-corrected chi connectivity index (χ3v) is 10.8. The van der Waals surface area contributed by atoms with Crippen molar-refractivity contribution in [3.63, 3.8) is 0 Å². The Morgan fingerprint density at radius 2 is 1.82 bits per heavy atom. The van der Waals surface area contributed by atoms with E-state index in [1.807, 2.05) is 40.1 Å². The third-order valence-electron chi connectivity index (χ3n) is 10.8. The Hall–Kier alpha value is -2.47. The lowest BCUT2D eigenvalue weighted by molar-refractivity contribution is -0.156. The van der Waals surface area contributed by atoms with Gasteiger partial charge >= 0.3 is 5.97 Å². The van der Waals surface area contributed by atoms with Crippen LogP contribution in [0.1, 0.15) is 92.1 Å². The van der Waals surface area contributed by atoms with Crippen LogP contribution in [-0.4, -0.2) is 41.6 Å². The minimum absolute atomic E-state index is 0.0351. The summed E-state index contributed by atoms with van der Waals surface area (Å²) in [6.07, 6.45) is 16.3. The van der Waals surface area contributed by atoms with Crippen molar-refractivity contribution < 1.29 is 14.3 Å². The third kappa shape index (κ3) is 5.41. The molecule has 4 aliphatic rings. The monoisotopic (exact) mass is 547 g/mol. The summed E-state index contributed by atoms with van der Waals surface area (Å²) in [6, 6.07) is 3.86. The summed E-state index contributed by atoms with van der Waals surface area (Å²) in [5, 5.41) is 6.02. The minimum atomic E-state index is -0.626. The first kappa shape index (κ1) is 29.0. The van der Waals surface area contributed by atoms with E-state index in [0.29, 0.717) is 17.8 Å². The van der Waals surface area contributed by atoms with Crippen molar-refractivity contribution in [3.05, 3.63) is 47.8 Å². The number of fused-ring (bicyclic) bond motifs is 5. The van der Waals surface area contributed by atoms with Gasteiger partial charge in [0.25, 0.3) is 0 Å². The van der Waals surface area contributed by atoms with Crippen LogP contribution in [0.25, 0.3) is 5.57 Å². The summed E-state index contributed by atoms with van der Waals surface area (Å²) in [7, 11) is 0. The van der Waals surface area contributed by atoms with Gasteiger partial charge in [-0.2, -0.15) is 0 Å². The lowest BCUT2D eigenvalue weighted by Gasteiger charge is -2.58. The molecule has 2 N–H and O–H groups in total. The highest BCUT2D eigenvalue weighted by atomic mass is 16.5. The minimum Gasteiger partial charge on any atom is -0.461 e. The summed E-state index contributed by atoms with van der Waals surface area (Å²) < 4.78 is 6.09. The van der Waals surface area contributed by atoms with Crippen molar-refractivity contribution >= 4 is 17.4 Å². The Morgan fingerprint density at radius 1 is 1.05 bits per heavy atom. The molecule has 0 aromatic carbocycles. The number of pyridine rings is 1. The van der Waals surface area contributed by atoms with Crippen LogP contribution >= 0.6 is 0 Å². The number of hydrogen-bond donors (Lipinski definition) is 2. The van der Waals surface area contributed by atoms with Crippen molar-refractivity contribution in [2.45, 2.75) is 105 Å². The first-order valence-corrected chi connectivity index (χ1v) is 15.6. The maximum Gasteiger partial charge on any atom is 0.329 e. The zero-order chi connectivity index (χ0) is 28.7. The van der Waals surface area contributed by atoms with E-state index in [1.165, 1.54) is 29.6 Å². The van der Waals surface area contributed by atoms with Crippen LogP contribution in [0, 0.1) is 34.5 Å². The van der Waals surface area contributed by atoms with Crippen molar-refractivity contribution in [1.29, 1.82) is 0 Å². The van der Waals surface area contributed by atoms with E-state index in [2.05, 4.69) is 53.7 Å². The fourth-order valence-electron chi connectivity index (χ4n) is 8.52. The maximum atomic E-state index is 13.2. The van der Waals surface area contributed by atoms with Gasteiger partial charge < -0.3 is 15.4 Å². The molecule has 1 aromatic rings. The quantitative estimate of drug-likeness (QED) is 0.304. The van der Waals surface area contributed by atoms with Crippen molar-refractivity contribution in [2.75, 3.05) is 6.54 Å². The second-order valence-electron chi connectivity index (χ2n) is 13.9. The Bertz CT molecular complexity index is 1160. The Kier molecular flexibility index (Phi) is 8.29. The highest BCUT2D eigenvalue weighted by Gasteiger charge is 2.57. The van der Waals surface area contributed by atoms with Crippen molar-refractivity contribution in [1.82, 2.24) is 15.6 Å². The van der Waals surface area contributed by atoms with Gasteiger partial charge in [-0.1, -0.05) is 65.3 Å². The number of carbonyl (C=O) groups excluding carboxylic acids is 2. The lowest BCUT2D eigenvalue weighted by atomic mass is 9.47. The van der Waals surface area contributed by atoms with Gasteiger partial charge in [-0.25, -0.2) is 4.79 Å². The highest BCUT2D eigenvalue weighted by molar-refractivity contribution is 5.85. The SMILES string of the molecule is CC(C)NCC(=O)NC(C(=O)OC1CCC2(C)C(=CCC3C2CCC2(C)C(c4cccnc4)=CCC32)C1)C(C)C. The Labute approximate surface area is 240 Å². The van der Waals surface area contributed by atoms with Crippen LogP contribution in [-0.2, 0) is 14.3 Å². The number of aromatic nitrogens is 1. The first-order chi connectivity index (χ1) is 19.0. The summed E-state index contributed by atoms with van der Waals surface area (Å²) >= 11 is 0. The average molecular weight is 548 g/mol. The van der Waals surface area contributed by atoms with E-state index in [1.54, 1.807) is 0 Å². The zero-order valence-electron chi connectivity index (χ0n) is 25.3. The summed E-state index contributed by atoms with van der Waals surface area (Å²) in [4.78, 5) is 30.1. The molecule has 5 rings (SSSR count). The van der Waals surface area contributed by atoms with Crippen molar-refractivity contribution in [2.24, 2.45) is 34.5 Å². The van der Waals surface area contributed by atoms with E-state index < -0.39 is 6.04 Å². The van der Waals surface area contributed by atoms with Crippen LogP contribution < -0.4 is 10.6 Å². The molecule has 0 saturated heterocycles. The highest BCUT2D eigenvalue weighted by Crippen LogP contribution is 2.66. The zero-order valence-corrected chi connectivity index (χ0v) is 25.3. The molecule has 6 nitrogen and oxygen atoms in total. The number of ether oxygens (including phenoxy) is 1. The molecular formula is C34H49N3O3. The molecule has 2 fully saturated rings. The molecular weight excluding hydrogens is 498 g/mol. The molecule has 6 heteroatoms. The lowest BCUT2D eigenvalue weighted by Crippen LogP contribution is -2.51. The van der Waals surface area contributed by atoms with Gasteiger partial charge in [0.05, 0.1) is 6.54 Å². The normalized spacial score (nSPS) is 33.8. The summed E-state index contributed by atoms with van der Waals surface area (Å²) in [5.41, 5.74) is 4.69. The van der Waals surface area contributed by atoms with Crippen LogP contribution in [0.3, 0.4) is 0 Å². The number of carbonyl (C=O) groups is 2. The molecule has 0 aliphatic heterocycles.